The van der Waals surface area contributed by atoms with E-state index >= 15 is 0 Å². The van der Waals surface area contributed by atoms with Crippen LogP contribution in [0.25, 0.3) is 21.5 Å². The number of aromatic nitrogens is 2. The molecule has 0 aliphatic carbocycles. The number of benzene rings is 6. The molecule has 0 spiro atoms. The van der Waals surface area contributed by atoms with Gasteiger partial charge in [0, 0.05) is 22.9 Å². The molecule has 0 aliphatic rings. The smallest absolute Gasteiger partial charge is 0.140 e. The Morgan fingerprint density at radius 1 is 0.522 bits per heavy atom. The maximum absolute atomic E-state index is 4.78. The first kappa shape index (κ1) is 29.4. The lowest BCUT2D eigenvalue weighted by molar-refractivity contribution is 0.928. The van der Waals surface area contributed by atoms with Crippen LogP contribution in [0.1, 0.15) is 56.0 Å². The average molecular weight is 598 g/mol. The van der Waals surface area contributed by atoms with Crippen molar-refractivity contribution in [1.82, 2.24) is 9.97 Å². The normalized spacial score (nSPS) is 11.5. The molecule has 0 aliphatic heterocycles. The fourth-order valence-electron chi connectivity index (χ4n) is 7.70. The zero-order chi connectivity index (χ0) is 31.9. The lowest BCUT2D eigenvalue weighted by atomic mass is 9.75. The molecule has 0 atom stereocenters. The first-order chi connectivity index (χ1) is 22.3. The van der Waals surface area contributed by atoms with Crippen molar-refractivity contribution < 1.29 is 0 Å². The Labute approximate surface area is 272 Å². The molecular formula is C43H39N3. The van der Waals surface area contributed by atoms with Crippen LogP contribution in [-0.2, 0) is 0 Å². The van der Waals surface area contributed by atoms with Gasteiger partial charge in [0.2, 0.25) is 0 Å². The Kier molecular flexibility index (Phi) is 7.62. The van der Waals surface area contributed by atoms with Crippen LogP contribution < -0.4 is 4.90 Å². The third-order valence-corrected chi connectivity index (χ3v) is 9.34. The van der Waals surface area contributed by atoms with Gasteiger partial charge in [-0.25, -0.2) is 9.97 Å². The van der Waals surface area contributed by atoms with Crippen LogP contribution in [0.4, 0.5) is 17.2 Å². The van der Waals surface area contributed by atoms with E-state index in [1.807, 2.05) is 12.3 Å². The van der Waals surface area contributed by atoms with E-state index in [1.165, 1.54) is 71.6 Å². The second-order valence-electron chi connectivity index (χ2n) is 12.7. The molecule has 3 nitrogen and oxygen atoms in total. The lowest BCUT2D eigenvalue weighted by Gasteiger charge is -2.30. The van der Waals surface area contributed by atoms with E-state index in [4.69, 9.17) is 4.98 Å². The molecule has 0 saturated carbocycles. The molecule has 0 saturated heterocycles. The average Bonchev–Trinajstić information content (AvgIpc) is 3.04. The molecule has 0 unspecified atom stereocenters. The first-order valence-electron chi connectivity index (χ1n) is 16.0. The van der Waals surface area contributed by atoms with Gasteiger partial charge in [0.15, 0.2) is 0 Å². The molecule has 0 radical (unpaired) electrons. The number of hydrogen-bond acceptors (Lipinski definition) is 3. The van der Waals surface area contributed by atoms with Gasteiger partial charge in [-0.1, -0.05) is 102 Å². The SMILES string of the molecule is Cc1cc(C)c(C(c2c(C)cc(C)cc2C)c2ccc(N(c3ccncn3)c3cccc4ccccc34)c3ccccc23)c(C)c1. The molecule has 7 aromatic rings. The second kappa shape index (κ2) is 11.9. The van der Waals surface area contributed by atoms with Crippen LogP contribution in [0.15, 0.2) is 122 Å². The Bertz CT molecular complexity index is 2120. The summed E-state index contributed by atoms with van der Waals surface area (Å²) in [5.41, 5.74) is 14.2. The highest BCUT2D eigenvalue weighted by Crippen LogP contribution is 2.46. The summed E-state index contributed by atoms with van der Waals surface area (Å²) < 4.78 is 0. The van der Waals surface area contributed by atoms with Gasteiger partial charge in [0.1, 0.15) is 12.1 Å². The van der Waals surface area contributed by atoms with Gasteiger partial charge in [0.25, 0.3) is 0 Å². The highest BCUT2D eigenvalue weighted by molar-refractivity contribution is 6.05. The van der Waals surface area contributed by atoms with Crippen molar-refractivity contribution >= 4 is 38.7 Å². The largest absolute Gasteiger partial charge is 0.294 e. The molecular weight excluding hydrogens is 558 g/mol. The second-order valence-corrected chi connectivity index (χ2v) is 12.7. The number of nitrogens with zero attached hydrogens (tertiary/aromatic N) is 3. The molecule has 46 heavy (non-hydrogen) atoms. The van der Waals surface area contributed by atoms with Crippen LogP contribution in [0.5, 0.6) is 0 Å². The minimum absolute atomic E-state index is 0.0743. The highest BCUT2D eigenvalue weighted by atomic mass is 15.2. The summed E-state index contributed by atoms with van der Waals surface area (Å²) in [4.78, 5) is 11.3. The molecule has 6 aromatic carbocycles. The van der Waals surface area contributed by atoms with Crippen molar-refractivity contribution in [3.8, 4) is 0 Å². The summed E-state index contributed by atoms with van der Waals surface area (Å²) in [5.74, 6) is 0.904. The Balaban J connectivity index is 1.55. The molecule has 0 fully saturated rings. The van der Waals surface area contributed by atoms with Gasteiger partial charge in [0.05, 0.1) is 11.4 Å². The van der Waals surface area contributed by atoms with Gasteiger partial charge < -0.3 is 0 Å². The molecule has 7 rings (SSSR count). The standard InChI is InChI=1S/C43H39N3/c1-27-22-29(3)41(30(4)23-27)43(42-31(5)24-28(2)25-32(42)6)37-18-19-39(36-16-10-9-15-35(36)37)46(40-20-21-44-26-45-40)38-17-11-13-33-12-7-8-14-34(33)38/h7-26,43H,1-6H3. The Hall–Kier alpha value is -5.28. The quantitative estimate of drug-likeness (QED) is 0.179. The van der Waals surface area contributed by atoms with Crippen molar-refractivity contribution in [2.45, 2.75) is 47.5 Å². The van der Waals surface area contributed by atoms with Crippen LogP contribution in [0.2, 0.25) is 0 Å². The summed E-state index contributed by atoms with van der Waals surface area (Å²) >= 11 is 0. The molecule has 3 heteroatoms. The molecule has 1 heterocycles. The third kappa shape index (κ3) is 5.12. The van der Waals surface area contributed by atoms with E-state index < -0.39 is 0 Å². The fourth-order valence-corrected chi connectivity index (χ4v) is 7.70. The van der Waals surface area contributed by atoms with Gasteiger partial charge in [-0.05, 0) is 109 Å². The van der Waals surface area contributed by atoms with Crippen molar-refractivity contribution in [3.05, 3.63) is 172 Å². The summed E-state index contributed by atoms with van der Waals surface area (Å²) in [6, 6.07) is 39.9. The van der Waals surface area contributed by atoms with E-state index in [0.717, 1.165) is 17.2 Å². The van der Waals surface area contributed by atoms with E-state index in [0.29, 0.717) is 0 Å². The van der Waals surface area contributed by atoms with Crippen LogP contribution >= 0.6 is 0 Å². The zero-order valence-electron chi connectivity index (χ0n) is 27.5. The van der Waals surface area contributed by atoms with Crippen molar-refractivity contribution in [1.29, 1.82) is 0 Å². The first-order valence-corrected chi connectivity index (χ1v) is 16.0. The topological polar surface area (TPSA) is 29.0 Å². The lowest BCUT2D eigenvalue weighted by Crippen LogP contribution is -2.15. The number of anilines is 3. The molecule has 226 valence electrons. The summed E-state index contributed by atoms with van der Waals surface area (Å²) in [6.45, 7) is 13.5. The van der Waals surface area contributed by atoms with Gasteiger partial charge in [-0.2, -0.15) is 0 Å². The van der Waals surface area contributed by atoms with Crippen LogP contribution in [0.3, 0.4) is 0 Å². The van der Waals surface area contributed by atoms with E-state index in [9.17, 15) is 0 Å². The van der Waals surface area contributed by atoms with E-state index in [-0.39, 0.29) is 5.92 Å². The number of hydrogen-bond donors (Lipinski definition) is 0. The van der Waals surface area contributed by atoms with Gasteiger partial charge in [-0.15, -0.1) is 0 Å². The number of fused-ring (bicyclic) bond motifs is 2. The monoisotopic (exact) mass is 597 g/mol. The van der Waals surface area contributed by atoms with Crippen molar-refractivity contribution in [2.24, 2.45) is 0 Å². The zero-order valence-corrected chi connectivity index (χ0v) is 27.5. The number of rotatable bonds is 6. The molecule has 0 amide bonds. The fraction of sp³-hybridized carbons (Fsp3) is 0.163. The third-order valence-electron chi connectivity index (χ3n) is 9.34. The van der Waals surface area contributed by atoms with Gasteiger partial charge >= 0.3 is 0 Å². The van der Waals surface area contributed by atoms with E-state index in [2.05, 4.69) is 155 Å². The van der Waals surface area contributed by atoms with E-state index in [1.54, 1.807) is 6.33 Å². The summed E-state index contributed by atoms with van der Waals surface area (Å²) in [5, 5.41) is 4.78. The maximum Gasteiger partial charge on any atom is 0.140 e. The predicted octanol–water partition coefficient (Wildman–Crippen LogP) is 11.3. The highest BCUT2D eigenvalue weighted by Gasteiger charge is 2.28. The molecule has 0 N–H and O–H groups in total. The number of aryl methyl sites for hydroxylation is 6. The Morgan fingerprint density at radius 3 is 1.67 bits per heavy atom. The van der Waals surface area contributed by atoms with Crippen molar-refractivity contribution in [2.75, 3.05) is 4.90 Å². The molecule has 1 aromatic heterocycles. The predicted molar refractivity (Wildman–Crippen MR) is 194 cm³/mol. The van der Waals surface area contributed by atoms with Crippen LogP contribution in [0, 0.1) is 41.5 Å². The Morgan fingerprint density at radius 2 is 1.07 bits per heavy atom. The van der Waals surface area contributed by atoms with Gasteiger partial charge in [-0.3, -0.25) is 4.90 Å². The summed E-state index contributed by atoms with van der Waals surface area (Å²) in [6.07, 6.45) is 3.45. The minimum Gasteiger partial charge on any atom is -0.294 e. The minimum atomic E-state index is 0.0743. The van der Waals surface area contributed by atoms with Crippen molar-refractivity contribution in [3.63, 3.8) is 0 Å². The summed E-state index contributed by atoms with van der Waals surface area (Å²) in [7, 11) is 0. The van der Waals surface area contributed by atoms with Crippen LogP contribution in [-0.4, -0.2) is 9.97 Å². The maximum atomic E-state index is 4.78. The molecule has 0 bridgehead atoms.